The first kappa shape index (κ1) is 79.2. The fourth-order valence-corrected chi connectivity index (χ4v) is 11.0. The number of nitrogens with zero attached hydrogens (tertiary/aromatic N) is 14. The number of hydrazone groups is 3. The summed E-state index contributed by atoms with van der Waals surface area (Å²) in [4.78, 5) is 38.7. The van der Waals surface area contributed by atoms with Crippen LogP contribution < -0.4 is 46.9 Å². The van der Waals surface area contributed by atoms with Crippen molar-refractivity contribution < 1.29 is 66.9 Å². The minimum atomic E-state index is -4.43. The second kappa shape index (κ2) is 36.8. The molecule has 35 heteroatoms. The fraction of sp³-hybridized carbons (Fsp3) is 0.329. The van der Waals surface area contributed by atoms with Gasteiger partial charge in [-0.2, -0.15) is 69.8 Å². The number of halogens is 12. The first-order chi connectivity index (χ1) is 51.7. The Labute approximate surface area is 613 Å². The van der Waals surface area contributed by atoms with Crippen LogP contribution in [-0.2, 0) is 45.6 Å². The zero-order valence-corrected chi connectivity index (χ0v) is 59.0. The summed E-state index contributed by atoms with van der Waals surface area (Å²) in [6, 6.07) is 27.2. The molecule has 23 nitrogen and oxygen atoms in total. The summed E-state index contributed by atoms with van der Waals surface area (Å²) in [6.07, 6.45) is -2.69. The Bertz CT molecular complexity index is 4540. The molecule has 3 saturated heterocycles. The number of benzene rings is 4. The molecule has 5 aromatic heterocycles. The van der Waals surface area contributed by atoms with E-state index in [2.05, 4.69) is 101 Å². The molecule has 0 saturated carbocycles. The molecule has 0 spiro atoms. The third kappa shape index (κ3) is 23.3. The van der Waals surface area contributed by atoms with Crippen LogP contribution in [0.2, 0.25) is 0 Å². The summed E-state index contributed by atoms with van der Waals surface area (Å²) in [5.41, 5.74) is 12.1. The van der Waals surface area contributed by atoms with Gasteiger partial charge in [-0.15, -0.1) is 0 Å². The number of rotatable bonds is 22. The minimum absolute atomic E-state index is 0.0261. The van der Waals surface area contributed by atoms with Gasteiger partial charge in [0.1, 0.15) is 0 Å². The molecule has 6 N–H and O–H groups in total. The van der Waals surface area contributed by atoms with Gasteiger partial charge in [0.05, 0.1) is 134 Å². The molecular formula is C73H76F12N20O3. The number of ether oxygens (including phenoxy) is 3. The van der Waals surface area contributed by atoms with E-state index >= 15 is 0 Å². The normalized spacial score (nSPS) is 15.1. The smallest absolute Gasteiger partial charge is 0.378 e. The Morgan fingerprint density at radius 1 is 0.454 bits per heavy atom. The number of aromatic nitrogens is 8. The molecule has 0 bridgehead atoms. The maximum Gasteiger partial charge on any atom is 0.416 e. The molecule has 570 valence electrons. The fourth-order valence-electron chi connectivity index (χ4n) is 11.0. The van der Waals surface area contributed by atoms with Gasteiger partial charge in [0.25, 0.3) is 0 Å². The predicted molar refractivity (Wildman–Crippen MR) is 389 cm³/mol. The zero-order chi connectivity index (χ0) is 77.0. The molecule has 9 aromatic rings. The summed E-state index contributed by atoms with van der Waals surface area (Å²) in [6.45, 7) is 15.7. The van der Waals surface area contributed by atoms with Crippen molar-refractivity contribution in [3.63, 3.8) is 0 Å². The lowest BCUT2D eigenvalue weighted by Crippen LogP contribution is -2.44. The average molecular weight is 1510 g/mol. The van der Waals surface area contributed by atoms with E-state index in [1.54, 1.807) is 58.5 Å². The van der Waals surface area contributed by atoms with Gasteiger partial charge in [-0.25, -0.2) is 49.4 Å². The third-order valence-corrected chi connectivity index (χ3v) is 16.1. The molecule has 12 rings (SSSR count). The van der Waals surface area contributed by atoms with Crippen molar-refractivity contribution in [2.75, 3.05) is 119 Å². The summed E-state index contributed by atoms with van der Waals surface area (Å²) in [5, 5.41) is 21.4. The van der Waals surface area contributed by atoms with Gasteiger partial charge in [-0.3, -0.25) is 4.98 Å². The third-order valence-electron chi connectivity index (χ3n) is 16.1. The summed E-state index contributed by atoms with van der Waals surface area (Å²) >= 11 is 0. The van der Waals surface area contributed by atoms with Crippen LogP contribution in [0.25, 0.3) is 0 Å². The van der Waals surface area contributed by atoms with Crippen molar-refractivity contribution in [1.29, 1.82) is 0 Å². The molecular weight excluding hydrogens is 1430 g/mol. The molecule has 0 aliphatic carbocycles. The second-order valence-corrected chi connectivity index (χ2v) is 25.4. The number of nitrogens with one attached hydrogen (secondary N) is 6. The molecule has 3 fully saturated rings. The number of hydrogen-bond donors (Lipinski definition) is 6. The highest BCUT2D eigenvalue weighted by atomic mass is 19.4. The van der Waals surface area contributed by atoms with Crippen LogP contribution in [0.3, 0.4) is 0 Å². The zero-order valence-electron chi connectivity index (χ0n) is 59.0. The molecule has 0 amide bonds. The first-order valence-corrected chi connectivity index (χ1v) is 34.0. The van der Waals surface area contributed by atoms with E-state index in [0.29, 0.717) is 136 Å². The van der Waals surface area contributed by atoms with E-state index in [1.165, 1.54) is 42.9 Å². The van der Waals surface area contributed by atoms with Crippen molar-refractivity contribution in [2.45, 2.75) is 72.0 Å². The van der Waals surface area contributed by atoms with Gasteiger partial charge in [0.15, 0.2) is 34.9 Å². The predicted octanol–water partition coefficient (Wildman–Crippen LogP) is 15.6. The number of pyridine rings is 2. The van der Waals surface area contributed by atoms with Crippen molar-refractivity contribution in [3.05, 3.63) is 202 Å². The lowest BCUT2D eigenvalue weighted by atomic mass is 9.97. The monoisotopic (exact) mass is 1510 g/mol. The number of morpholine rings is 3. The summed E-state index contributed by atoms with van der Waals surface area (Å²) < 4.78 is 176. The van der Waals surface area contributed by atoms with Gasteiger partial charge >= 0.3 is 18.5 Å². The summed E-state index contributed by atoms with van der Waals surface area (Å²) in [7, 11) is 0. The standard InChI is InChI=1S/C26H28F4N6O.C25H27F4N7O.C22H21F4N7O/c1-17(2)12-19-13-22(33-21-5-3-4-20(14-21)26(28,29)30)7-6-18(19)15-32-35-25-31-16-23(27)24(34-25)36-8-10-37-11-9-36;1-16(2)12-22-21(32-18-5-3-4-17(13-18)25(27,28)29)7-6-19(33-22)14-31-35-24-30-15-20(26)23(34-24)36-8-10-37-11-9-36;1-14-13-34-8-7-33(14)20-19(23)12-28-21(31-20)32-29-11-17-5-6-18(10-27-17)30-16-4-2-3-15(9-16)22(24,25)26/h3-7,13-17,33H,8-12H2,1-2H3,(H,31,34,35);3-7,13-16,32H,8-12H2,1-2H3,(H,30,34,35);2-6,9-12,14,30H,7-8,13H2,1H3,(H,28,31,32)/b32-15+;31-14+;29-11+. The Balaban J connectivity index is 0.000000173. The Morgan fingerprint density at radius 2 is 0.889 bits per heavy atom. The summed E-state index contributed by atoms with van der Waals surface area (Å²) in [5.74, 6) is -0.0300. The highest BCUT2D eigenvalue weighted by Crippen LogP contribution is 2.36. The topological polar surface area (TPSA) is 250 Å². The minimum Gasteiger partial charge on any atom is -0.378 e. The van der Waals surface area contributed by atoms with Gasteiger partial charge in [0, 0.05) is 55.5 Å². The maximum atomic E-state index is 14.3. The lowest BCUT2D eigenvalue weighted by Gasteiger charge is -2.34. The molecule has 108 heavy (non-hydrogen) atoms. The van der Waals surface area contributed by atoms with E-state index in [9.17, 15) is 52.7 Å². The number of alkyl halides is 9. The molecule has 4 aromatic carbocycles. The largest absolute Gasteiger partial charge is 0.416 e. The van der Waals surface area contributed by atoms with Crippen LogP contribution in [-0.4, -0.2) is 137 Å². The van der Waals surface area contributed by atoms with Crippen LogP contribution in [0.1, 0.15) is 79.5 Å². The Hall–Kier alpha value is -11.3. The highest BCUT2D eigenvalue weighted by Gasteiger charge is 2.33. The quantitative estimate of drug-likeness (QED) is 0.0210. The lowest BCUT2D eigenvalue weighted by molar-refractivity contribution is -0.138. The van der Waals surface area contributed by atoms with Crippen LogP contribution in [0.5, 0.6) is 0 Å². The first-order valence-electron chi connectivity index (χ1n) is 34.0. The van der Waals surface area contributed by atoms with Crippen LogP contribution in [0.15, 0.2) is 155 Å². The van der Waals surface area contributed by atoms with Crippen LogP contribution >= 0.6 is 0 Å². The maximum absolute atomic E-state index is 14.3. The molecule has 8 heterocycles. The van der Waals surface area contributed by atoms with E-state index in [-0.39, 0.29) is 47.3 Å². The molecule has 1 atom stereocenters. The number of anilines is 12. The van der Waals surface area contributed by atoms with Gasteiger partial charge in [0.2, 0.25) is 17.8 Å². The Kier molecular flexibility index (Phi) is 27.0. The van der Waals surface area contributed by atoms with Crippen LogP contribution in [0.4, 0.5) is 122 Å². The van der Waals surface area contributed by atoms with Crippen molar-refractivity contribution >= 4 is 88.1 Å². The van der Waals surface area contributed by atoms with E-state index in [1.807, 2.05) is 37.8 Å². The molecule has 3 aliphatic rings. The van der Waals surface area contributed by atoms with Crippen molar-refractivity contribution in [3.8, 4) is 0 Å². The van der Waals surface area contributed by atoms with Gasteiger partial charge in [-0.05, 0) is 134 Å². The van der Waals surface area contributed by atoms with E-state index in [0.717, 1.165) is 72.5 Å². The molecule has 0 radical (unpaired) electrons. The Morgan fingerprint density at radius 3 is 1.37 bits per heavy atom. The van der Waals surface area contributed by atoms with Crippen molar-refractivity contribution in [1.82, 2.24) is 39.9 Å². The number of hydrogen-bond acceptors (Lipinski definition) is 23. The highest BCUT2D eigenvalue weighted by molar-refractivity contribution is 5.84. The SMILES string of the molecule is CC(C)Cc1cc(Nc2cccc(C(F)(F)F)c2)ccc1/C=N/Nc1ncc(F)c(N2CCOCC2)n1.CC(C)Cc1nc(/C=N/Nc2ncc(F)c(N3CCOCC3)n2)ccc1Nc1cccc(C(F)(F)F)c1.CC1COCCN1c1nc(N/N=C/c2ccc(Nc3cccc(C(F)(F)F)c3)cn2)ncc1F. The second-order valence-electron chi connectivity index (χ2n) is 25.4. The van der Waals surface area contributed by atoms with Crippen molar-refractivity contribution in [2.24, 2.45) is 27.1 Å². The average Bonchev–Trinajstić information content (AvgIpc) is 0.822. The van der Waals surface area contributed by atoms with E-state index in [4.69, 9.17) is 14.2 Å². The van der Waals surface area contributed by atoms with Gasteiger partial charge in [-0.1, -0.05) is 52.0 Å². The molecule has 1 unspecified atom stereocenters. The van der Waals surface area contributed by atoms with E-state index < -0.39 is 52.7 Å². The molecule has 3 aliphatic heterocycles. The van der Waals surface area contributed by atoms with Crippen LogP contribution in [0, 0.1) is 29.3 Å². The van der Waals surface area contributed by atoms with Gasteiger partial charge < -0.3 is 44.9 Å².